The molecule has 0 unspecified atom stereocenters. The smallest absolute Gasteiger partial charge is 0.214 e. The predicted molar refractivity (Wildman–Crippen MR) is 60.2 cm³/mol. The molecule has 2 aliphatic rings. The van der Waals surface area contributed by atoms with E-state index in [9.17, 15) is 8.42 Å². The number of hydrogen-bond donors (Lipinski definition) is 2. The highest BCUT2D eigenvalue weighted by atomic mass is 32.2. The van der Waals surface area contributed by atoms with Crippen molar-refractivity contribution in [3.8, 4) is 0 Å². The highest BCUT2D eigenvalue weighted by Crippen LogP contribution is 2.24. The van der Waals surface area contributed by atoms with E-state index >= 15 is 0 Å². The van der Waals surface area contributed by atoms with Crippen LogP contribution in [0.5, 0.6) is 0 Å². The van der Waals surface area contributed by atoms with Crippen molar-refractivity contribution in [2.24, 2.45) is 0 Å². The second kappa shape index (κ2) is 4.80. The monoisotopic (exact) mass is 232 g/mol. The van der Waals surface area contributed by atoms with E-state index in [2.05, 4.69) is 10.0 Å². The summed E-state index contributed by atoms with van der Waals surface area (Å²) in [7, 11) is -3.04. The Kier molecular flexibility index (Phi) is 3.64. The first kappa shape index (κ1) is 11.4. The Morgan fingerprint density at radius 2 is 1.60 bits per heavy atom. The zero-order valence-electron chi connectivity index (χ0n) is 9.04. The van der Waals surface area contributed by atoms with Crippen LogP contribution in [-0.4, -0.2) is 32.8 Å². The third-order valence-corrected chi connectivity index (χ3v) is 5.42. The van der Waals surface area contributed by atoms with E-state index in [1.54, 1.807) is 0 Å². The Morgan fingerprint density at radius 1 is 1.00 bits per heavy atom. The van der Waals surface area contributed by atoms with E-state index in [4.69, 9.17) is 0 Å². The second-order valence-electron chi connectivity index (χ2n) is 4.59. The van der Waals surface area contributed by atoms with Gasteiger partial charge < -0.3 is 5.32 Å². The van der Waals surface area contributed by atoms with Crippen LogP contribution in [0.2, 0.25) is 0 Å². The molecule has 0 spiro atoms. The molecule has 2 rings (SSSR count). The van der Waals surface area contributed by atoms with Crippen molar-refractivity contribution in [2.45, 2.75) is 49.8 Å². The van der Waals surface area contributed by atoms with Crippen molar-refractivity contribution < 1.29 is 8.42 Å². The van der Waals surface area contributed by atoms with E-state index in [1.165, 1.54) is 0 Å². The van der Waals surface area contributed by atoms with Crippen LogP contribution in [-0.2, 0) is 10.0 Å². The number of piperidine rings is 1. The van der Waals surface area contributed by atoms with Gasteiger partial charge in [0, 0.05) is 6.04 Å². The van der Waals surface area contributed by atoms with E-state index < -0.39 is 10.0 Å². The number of nitrogens with one attached hydrogen (secondary N) is 2. The summed E-state index contributed by atoms with van der Waals surface area (Å²) in [6.45, 7) is 1.86. The Morgan fingerprint density at radius 3 is 2.20 bits per heavy atom. The average molecular weight is 232 g/mol. The maximum atomic E-state index is 12.0. The van der Waals surface area contributed by atoms with E-state index in [0.717, 1.165) is 51.6 Å². The van der Waals surface area contributed by atoms with Crippen molar-refractivity contribution in [1.82, 2.24) is 10.0 Å². The van der Waals surface area contributed by atoms with Gasteiger partial charge in [0.25, 0.3) is 0 Å². The van der Waals surface area contributed by atoms with Gasteiger partial charge in [-0.05, 0) is 38.8 Å². The molecule has 15 heavy (non-hydrogen) atoms. The first-order valence-electron chi connectivity index (χ1n) is 5.90. The van der Waals surface area contributed by atoms with Crippen LogP contribution in [0, 0.1) is 0 Å². The fraction of sp³-hybridized carbons (Fsp3) is 1.00. The molecule has 0 aromatic rings. The number of rotatable bonds is 3. The molecule has 5 heteroatoms. The first-order chi connectivity index (χ1) is 7.18. The molecule has 1 heterocycles. The quantitative estimate of drug-likeness (QED) is 0.749. The first-order valence-corrected chi connectivity index (χ1v) is 7.45. The second-order valence-corrected chi connectivity index (χ2v) is 6.59. The largest absolute Gasteiger partial charge is 0.317 e. The summed E-state index contributed by atoms with van der Waals surface area (Å²) in [5.41, 5.74) is 0. The third kappa shape index (κ3) is 2.92. The highest BCUT2D eigenvalue weighted by Gasteiger charge is 2.30. The molecule has 0 aromatic carbocycles. The highest BCUT2D eigenvalue weighted by molar-refractivity contribution is 7.90. The molecule has 1 aliphatic carbocycles. The van der Waals surface area contributed by atoms with Crippen LogP contribution in [0.1, 0.15) is 38.5 Å². The van der Waals surface area contributed by atoms with Crippen LogP contribution in [0.25, 0.3) is 0 Å². The molecule has 4 nitrogen and oxygen atoms in total. The van der Waals surface area contributed by atoms with Gasteiger partial charge in [-0.25, -0.2) is 13.1 Å². The number of sulfonamides is 1. The summed E-state index contributed by atoms with van der Waals surface area (Å²) >= 11 is 0. The molecule has 1 saturated carbocycles. The standard InChI is InChI=1S/C10H20N2O2S/c13-15(14,10-3-1-2-4-10)12-9-5-7-11-8-6-9/h9-12H,1-8H2. The van der Waals surface area contributed by atoms with Gasteiger partial charge >= 0.3 is 0 Å². The average Bonchev–Trinajstić information content (AvgIpc) is 2.71. The minimum atomic E-state index is -3.04. The summed E-state index contributed by atoms with van der Waals surface area (Å²) in [6, 6.07) is 0.164. The molecule has 0 radical (unpaired) electrons. The summed E-state index contributed by atoms with van der Waals surface area (Å²) in [4.78, 5) is 0. The fourth-order valence-electron chi connectivity index (χ4n) is 2.47. The number of hydrogen-bond acceptors (Lipinski definition) is 3. The van der Waals surface area contributed by atoms with Crippen molar-refractivity contribution in [3.05, 3.63) is 0 Å². The minimum Gasteiger partial charge on any atom is -0.317 e. The van der Waals surface area contributed by atoms with Gasteiger partial charge in [-0.3, -0.25) is 0 Å². The maximum absolute atomic E-state index is 12.0. The Balaban J connectivity index is 1.90. The van der Waals surface area contributed by atoms with Crippen LogP contribution in [0.15, 0.2) is 0 Å². The van der Waals surface area contributed by atoms with Gasteiger partial charge in [-0.15, -0.1) is 0 Å². The maximum Gasteiger partial charge on any atom is 0.214 e. The molecular formula is C10H20N2O2S. The predicted octanol–water partition coefficient (Wildman–Crippen LogP) is 0.600. The van der Waals surface area contributed by atoms with E-state index in [-0.39, 0.29) is 11.3 Å². The lowest BCUT2D eigenvalue weighted by Gasteiger charge is -2.25. The van der Waals surface area contributed by atoms with Gasteiger partial charge in [0.05, 0.1) is 5.25 Å². The van der Waals surface area contributed by atoms with Crippen molar-refractivity contribution in [1.29, 1.82) is 0 Å². The van der Waals surface area contributed by atoms with Crippen LogP contribution in [0.3, 0.4) is 0 Å². The van der Waals surface area contributed by atoms with Crippen LogP contribution < -0.4 is 10.0 Å². The SMILES string of the molecule is O=S(=O)(NC1CCNCC1)C1CCCC1. The Hall–Kier alpha value is -0.130. The van der Waals surface area contributed by atoms with Gasteiger partial charge in [-0.2, -0.15) is 0 Å². The zero-order chi connectivity index (χ0) is 10.7. The molecule has 1 saturated heterocycles. The van der Waals surface area contributed by atoms with Gasteiger partial charge in [0.2, 0.25) is 10.0 Å². The molecule has 0 aromatic heterocycles. The fourth-order valence-corrected chi connectivity index (χ4v) is 4.31. The van der Waals surface area contributed by atoms with Crippen molar-refractivity contribution >= 4 is 10.0 Å². The summed E-state index contributed by atoms with van der Waals surface area (Å²) in [5, 5.41) is 3.12. The van der Waals surface area contributed by atoms with E-state index in [1.807, 2.05) is 0 Å². The van der Waals surface area contributed by atoms with Crippen molar-refractivity contribution in [3.63, 3.8) is 0 Å². The topological polar surface area (TPSA) is 58.2 Å². The summed E-state index contributed by atoms with van der Waals surface area (Å²) < 4.78 is 26.8. The normalized spacial score (nSPS) is 25.9. The molecule has 2 N–H and O–H groups in total. The van der Waals surface area contributed by atoms with Gasteiger partial charge in [-0.1, -0.05) is 12.8 Å². The Labute approximate surface area is 91.9 Å². The Bertz CT molecular complexity index is 291. The molecule has 0 bridgehead atoms. The van der Waals surface area contributed by atoms with E-state index in [0.29, 0.717) is 0 Å². The third-order valence-electron chi connectivity index (χ3n) is 3.41. The summed E-state index contributed by atoms with van der Waals surface area (Å²) in [6.07, 6.45) is 5.67. The molecule has 88 valence electrons. The lowest BCUT2D eigenvalue weighted by atomic mass is 10.1. The molecule has 0 amide bonds. The molecule has 1 aliphatic heterocycles. The molecular weight excluding hydrogens is 212 g/mol. The molecule has 0 atom stereocenters. The minimum absolute atomic E-state index is 0.118. The molecule has 2 fully saturated rings. The lowest BCUT2D eigenvalue weighted by Crippen LogP contribution is -2.45. The van der Waals surface area contributed by atoms with Crippen LogP contribution >= 0.6 is 0 Å². The van der Waals surface area contributed by atoms with Crippen LogP contribution in [0.4, 0.5) is 0 Å². The van der Waals surface area contributed by atoms with Crippen molar-refractivity contribution in [2.75, 3.05) is 13.1 Å². The summed E-state index contributed by atoms with van der Waals surface area (Å²) in [5.74, 6) is 0. The zero-order valence-corrected chi connectivity index (χ0v) is 9.85. The lowest BCUT2D eigenvalue weighted by molar-refractivity contribution is 0.424. The van der Waals surface area contributed by atoms with Gasteiger partial charge in [0.1, 0.15) is 0 Å². The van der Waals surface area contributed by atoms with Gasteiger partial charge in [0.15, 0.2) is 0 Å².